The fourth-order valence-corrected chi connectivity index (χ4v) is 3.35. The fraction of sp³-hybridized carbons (Fsp3) is 0.824. The first-order valence-electron chi connectivity index (χ1n) is 9.25. The topological polar surface area (TPSA) is 77.0 Å². The molecule has 24 heavy (non-hydrogen) atoms. The van der Waals surface area contributed by atoms with Gasteiger partial charge in [-0.2, -0.15) is 0 Å². The molecule has 2 aliphatic rings. The van der Waals surface area contributed by atoms with Crippen molar-refractivity contribution in [2.24, 2.45) is 4.99 Å². The number of urea groups is 1. The number of nitrogens with zero attached hydrogens (tertiary/aromatic N) is 3. The smallest absolute Gasteiger partial charge is 0.325 e. The average molecular weight is 337 g/mol. The summed E-state index contributed by atoms with van der Waals surface area (Å²) in [4.78, 5) is 32.1. The van der Waals surface area contributed by atoms with Crippen molar-refractivity contribution >= 4 is 17.9 Å². The summed E-state index contributed by atoms with van der Waals surface area (Å²) < 4.78 is 0. The van der Waals surface area contributed by atoms with Crippen LogP contribution in [-0.4, -0.2) is 60.0 Å². The van der Waals surface area contributed by atoms with Gasteiger partial charge in [0.25, 0.3) is 5.91 Å². The van der Waals surface area contributed by atoms with Crippen LogP contribution in [-0.2, 0) is 4.79 Å². The van der Waals surface area contributed by atoms with Gasteiger partial charge in [-0.05, 0) is 13.3 Å². The molecule has 0 aromatic heterocycles. The SMILES string of the molecule is CCCCCCCCCN1C(=NCC)NC2C1C(=O)NC(=O)N2C. The normalized spacial score (nSPS) is 25.0. The lowest BCUT2D eigenvalue weighted by Gasteiger charge is -2.35. The van der Waals surface area contributed by atoms with Gasteiger partial charge in [-0.15, -0.1) is 0 Å². The van der Waals surface area contributed by atoms with Gasteiger partial charge in [0.05, 0.1) is 0 Å². The number of nitrogens with one attached hydrogen (secondary N) is 2. The van der Waals surface area contributed by atoms with Crippen molar-refractivity contribution in [2.75, 3.05) is 20.1 Å². The van der Waals surface area contributed by atoms with Gasteiger partial charge in [0, 0.05) is 20.1 Å². The number of hydrogen-bond acceptors (Lipinski definition) is 3. The van der Waals surface area contributed by atoms with Crippen LogP contribution < -0.4 is 10.6 Å². The first-order chi connectivity index (χ1) is 11.6. The lowest BCUT2D eigenvalue weighted by atomic mass is 10.1. The Morgan fingerprint density at radius 3 is 2.38 bits per heavy atom. The Labute approximate surface area is 144 Å². The molecule has 2 rings (SSSR count). The highest BCUT2D eigenvalue weighted by Crippen LogP contribution is 2.21. The molecule has 0 spiro atoms. The fourth-order valence-electron chi connectivity index (χ4n) is 3.35. The Morgan fingerprint density at radius 1 is 1.04 bits per heavy atom. The van der Waals surface area contributed by atoms with Crippen LogP contribution >= 0.6 is 0 Å². The second-order valence-corrected chi connectivity index (χ2v) is 6.55. The van der Waals surface area contributed by atoms with Gasteiger partial charge in [0.2, 0.25) is 0 Å². The quantitative estimate of drug-likeness (QED) is 0.630. The zero-order valence-corrected chi connectivity index (χ0v) is 15.2. The second-order valence-electron chi connectivity index (χ2n) is 6.55. The number of unbranched alkanes of at least 4 members (excludes halogenated alkanes) is 6. The summed E-state index contributed by atoms with van der Waals surface area (Å²) >= 11 is 0. The molecule has 2 saturated heterocycles. The van der Waals surface area contributed by atoms with Crippen LogP contribution in [0.4, 0.5) is 4.79 Å². The minimum Gasteiger partial charge on any atom is -0.334 e. The standard InChI is InChI=1S/C17H31N5O2/c1-4-6-7-8-9-10-11-12-22-13-14(19-16(22)18-5-2)21(3)17(24)20-15(13)23/h13-14H,4-12H2,1-3H3,(H,18,19)(H,20,23,24). The Hall–Kier alpha value is -1.79. The van der Waals surface area contributed by atoms with Crippen molar-refractivity contribution in [1.82, 2.24) is 20.4 Å². The maximum Gasteiger partial charge on any atom is 0.325 e. The number of guanidine groups is 1. The summed E-state index contributed by atoms with van der Waals surface area (Å²) in [5.74, 6) is 0.495. The summed E-state index contributed by atoms with van der Waals surface area (Å²) in [6.45, 7) is 5.63. The van der Waals surface area contributed by atoms with Crippen molar-refractivity contribution in [1.29, 1.82) is 0 Å². The maximum atomic E-state index is 12.3. The number of imide groups is 1. The van der Waals surface area contributed by atoms with E-state index in [9.17, 15) is 9.59 Å². The molecule has 3 amide bonds. The highest BCUT2D eigenvalue weighted by molar-refractivity contribution is 6.04. The second kappa shape index (κ2) is 8.89. The van der Waals surface area contributed by atoms with E-state index in [4.69, 9.17) is 0 Å². The molecule has 2 fully saturated rings. The molecule has 2 heterocycles. The minimum atomic E-state index is -0.391. The lowest BCUT2D eigenvalue weighted by molar-refractivity contribution is -0.127. The Balaban J connectivity index is 1.92. The van der Waals surface area contributed by atoms with Crippen molar-refractivity contribution < 1.29 is 9.59 Å². The molecule has 0 aliphatic carbocycles. The van der Waals surface area contributed by atoms with Gasteiger partial charge in [-0.3, -0.25) is 15.1 Å². The number of fused-ring (bicyclic) bond motifs is 1. The molecule has 136 valence electrons. The largest absolute Gasteiger partial charge is 0.334 e. The highest BCUT2D eigenvalue weighted by atomic mass is 16.2. The predicted octanol–water partition coefficient (Wildman–Crippen LogP) is 1.89. The third-order valence-corrected chi connectivity index (χ3v) is 4.73. The van der Waals surface area contributed by atoms with Crippen LogP contribution in [0.5, 0.6) is 0 Å². The number of rotatable bonds is 9. The molecular formula is C17H31N5O2. The molecule has 0 saturated carbocycles. The van der Waals surface area contributed by atoms with Gasteiger partial charge >= 0.3 is 6.03 Å². The molecular weight excluding hydrogens is 306 g/mol. The van der Waals surface area contributed by atoms with Crippen molar-refractivity contribution in [2.45, 2.75) is 71.0 Å². The van der Waals surface area contributed by atoms with Crippen LogP contribution in [0.2, 0.25) is 0 Å². The van der Waals surface area contributed by atoms with E-state index >= 15 is 0 Å². The van der Waals surface area contributed by atoms with Gasteiger partial charge in [-0.25, -0.2) is 4.79 Å². The van der Waals surface area contributed by atoms with E-state index < -0.39 is 6.04 Å². The van der Waals surface area contributed by atoms with Crippen LogP contribution in [0.3, 0.4) is 0 Å². The summed E-state index contributed by atoms with van der Waals surface area (Å²) in [6, 6.07) is -0.750. The molecule has 2 N–H and O–H groups in total. The minimum absolute atomic E-state index is 0.236. The zero-order valence-electron chi connectivity index (χ0n) is 15.2. The van der Waals surface area contributed by atoms with Crippen LogP contribution in [0, 0.1) is 0 Å². The number of carbonyl (C=O) groups excluding carboxylic acids is 2. The molecule has 0 aromatic carbocycles. The van der Waals surface area contributed by atoms with E-state index in [1.807, 2.05) is 11.8 Å². The molecule has 0 aromatic rings. The highest BCUT2D eigenvalue weighted by Gasteiger charge is 2.49. The number of hydrogen-bond donors (Lipinski definition) is 2. The number of aliphatic imine (C=N–C) groups is 1. The maximum absolute atomic E-state index is 12.3. The van der Waals surface area contributed by atoms with E-state index in [1.54, 1.807) is 11.9 Å². The predicted molar refractivity (Wildman–Crippen MR) is 94.7 cm³/mol. The molecule has 2 atom stereocenters. The van der Waals surface area contributed by atoms with Gasteiger partial charge in [0.1, 0.15) is 6.17 Å². The van der Waals surface area contributed by atoms with Gasteiger partial charge < -0.3 is 15.1 Å². The molecule has 2 unspecified atom stereocenters. The Morgan fingerprint density at radius 2 is 1.71 bits per heavy atom. The molecule has 0 bridgehead atoms. The first-order valence-corrected chi connectivity index (χ1v) is 9.25. The van der Waals surface area contributed by atoms with Gasteiger partial charge in [0.15, 0.2) is 12.0 Å². The summed E-state index contributed by atoms with van der Waals surface area (Å²) in [6.07, 6.45) is 8.27. The van der Waals surface area contributed by atoms with Crippen LogP contribution in [0.1, 0.15) is 58.8 Å². The Kier molecular flexibility index (Phi) is 6.87. The molecule has 7 nitrogen and oxygen atoms in total. The number of carbonyl (C=O) groups is 2. The monoisotopic (exact) mass is 337 g/mol. The summed E-state index contributed by atoms with van der Waals surface area (Å²) in [5, 5.41) is 5.67. The van der Waals surface area contributed by atoms with E-state index in [1.165, 1.54) is 32.1 Å². The third-order valence-electron chi connectivity index (χ3n) is 4.73. The average Bonchev–Trinajstić information content (AvgIpc) is 2.91. The summed E-state index contributed by atoms with van der Waals surface area (Å²) in [5.41, 5.74) is 0. The molecule has 2 aliphatic heterocycles. The van der Waals surface area contributed by atoms with E-state index in [0.29, 0.717) is 6.54 Å². The molecule has 0 radical (unpaired) electrons. The first kappa shape index (κ1) is 18.5. The van der Waals surface area contributed by atoms with Crippen LogP contribution in [0.15, 0.2) is 4.99 Å². The van der Waals surface area contributed by atoms with E-state index in [2.05, 4.69) is 22.5 Å². The van der Waals surface area contributed by atoms with Crippen molar-refractivity contribution in [3.05, 3.63) is 0 Å². The third kappa shape index (κ3) is 4.19. The van der Waals surface area contributed by atoms with Crippen molar-refractivity contribution in [3.63, 3.8) is 0 Å². The Bertz CT molecular complexity index is 480. The molecule has 7 heteroatoms. The zero-order chi connectivity index (χ0) is 17.5. The lowest BCUT2D eigenvalue weighted by Crippen LogP contribution is -2.64. The number of likely N-dealkylation sites (N-methyl/N-ethyl adjacent to an activating group) is 1. The van der Waals surface area contributed by atoms with E-state index in [0.717, 1.165) is 25.3 Å². The van der Waals surface area contributed by atoms with Gasteiger partial charge in [-0.1, -0.05) is 45.4 Å². The summed E-state index contributed by atoms with van der Waals surface area (Å²) in [7, 11) is 1.70. The number of amides is 3. The van der Waals surface area contributed by atoms with E-state index in [-0.39, 0.29) is 18.1 Å². The van der Waals surface area contributed by atoms with Crippen molar-refractivity contribution in [3.8, 4) is 0 Å². The van der Waals surface area contributed by atoms with Crippen LogP contribution in [0.25, 0.3) is 0 Å².